The van der Waals surface area contributed by atoms with Gasteiger partial charge in [-0.3, -0.25) is 48.1 Å². The number of nitrogens with two attached hydrogens (primary N) is 1. The number of carbonyl (C=O) groups is 6. The van der Waals surface area contributed by atoms with Crippen molar-refractivity contribution < 1.29 is 33.9 Å². The average molecular weight is 1330 g/mol. The normalized spacial score (nSPS) is 19.3. The van der Waals surface area contributed by atoms with Crippen LogP contribution in [-0.2, 0) is 54.6 Å². The van der Waals surface area contributed by atoms with E-state index in [0.29, 0.717) is 78.6 Å². The van der Waals surface area contributed by atoms with Crippen molar-refractivity contribution in [2.24, 2.45) is 11.8 Å². The predicted octanol–water partition coefficient (Wildman–Crippen LogP) is 6.57. The lowest BCUT2D eigenvalue weighted by Gasteiger charge is -2.26. The molecule has 3 saturated carbocycles. The van der Waals surface area contributed by atoms with Gasteiger partial charge in [0.2, 0.25) is 23.7 Å². The predicted molar refractivity (Wildman–Crippen MR) is 325 cm³/mol. The maximum absolute atomic E-state index is 13.6. The van der Waals surface area contributed by atoms with Crippen LogP contribution in [0.3, 0.4) is 0 Å². The summed E-state index contributed by atoms with van der Waals surface area (Å²) < 4.78 is 3.99. The van der Waals surface area contributed by atoms with Crippen LogP contribution in [0.2, 0.25) is 0 Å². The molecule has 2 aromatic carbocycles. The quantitative estimate of drug-likeness (QED) is 0.0762. The zero-order valence-corrected chi connectivity index (χ0v) is 50.7. The summed E-state index contributed by atoms with van der Waals surface area (Å²) in [4.78, 5) is 109. The molecule has 6 atom stereocenters. The van der Waals surface area contributed by atoms with Crippen molar-refractivity contribution in [2.75, 3.05) is 16.4 Å². The van der Waals surface area contributed by atoms with Crippen LogP contribution in [0.4, 0.5) is 17.6 Å². The second-order valence-electron chi connectivity index (χ2n) is 20.0. The van der Waals surface area contributed by atoms with E-state index in [2.05, 4.69) is 120 Å². The minimum absolute atomic E-state index is 0. The second kappa shape index (κ2) is 26.5. The second-order valence-corrected chi connectivity index (χ2v) is 21.6. The molecule has 2 saturated heterocycles. The van der Waals surface area contributed by atoms with Crippen molar-refractivity contribution >= 4 is 155 Å². The number of Topliss-reactive ketones (excluding diaryl/α,β-unsaturated/α-hetero) is 2. The Labute approximate surface area is 513 Å². The number of halogens is 3. The summed E-state index contributed by atoms with van der Waals surface area (Å²) in [7, 11) is 0. The lowest BCUT2D eigenvalue weighted by molar-refractivity contribution is -0.138. The summed E-state index contributed by atoms with van der Waals surface area (Å²) in [5, 5.41) is 27.7. The lowest BCUT2D eigenvalue weighted by atomic mass is 10.0. The number of fused-ring (bicyclic) bond motifs is 4. The Kier molecular flexibility index (Phi) is 19.7. The Morgan fingerprint density at radius 2 is 1.19 bits per heavy atom. The first-order valence-electron chi connectivity index (χ1n) is 25.5. The Morgan fingerprint density at radius 1 is 0.675 bits per heavy atom. The van der Waals surface area contributed by atoms with Crippen LogP contribution in [0, 0.1) is 11.8 Å². The van der Waals surface area contributed by atoms with E-state index in [9.17, 15) is 28.8 Å². The van der Waals surface area contributed by atoms with Crippen molar-refractivity contribution in [1.82, 2.24) is 69.6 Å². The highest BCUT2D eigenvalue weighted by atomic mass is 79.9. The standard InChI is InChI=1S/C28H25BrN8O3.C15H13N5O3.C10H11BrN4O.ClH.S2.H2S/c1-14(38)26-19-6-16(18-9-31-27(32-10-18)15-2-3-15)4-5-20(19)36(35-26)13-25(39)37-21-7-17(21)8-22(37)28(40)34-24-12-30-11-23(29)33-24;1-8(21)14-11-4-9(10-5-17-15(16)18-6-10)2-3-12(11)20(19-14)7-13(22)23;11-8-3-12-4-9(14-8)15-10(16)7-2-5-1-6(5)13-7;;1-2;/h4-6,9-12,15,17,21-22H,2-3,7-8,13H2,1H3,(H,33,34,40);2-6H,7H2,1H3,(H,22,23)(H2,16,17,18);3-7,13H,1-2H2,(H,14,15,16);1H;;1H2/t17-,21-,22+;;5-,6-,7+;;;/m1.1.../s1. The first-order chi connectivity index (χ1) is 39.0. The monoisotopic (exact) mass is 1330 g/mol. The van der Waals surface area contributed by atoms with E-state index in [1.54, 1.807) is 52.6 Å². The minimum Gasteiger partial charge on any atom is -0.480 e. The number of carbonyl (C=O) groups excluding carboxylic acids is 5. The van der Waals surface area contributed by atoms with E-state index in [-0.39, 0.29) is 92.0 Å². The van der Waals surface area contributed by atoms with Crippen LogP contribution in [-0.4, -0.2) is 129 Å². The molecule has 3 aliphatic carbocycles. The van der Waals surface area contributed by atoms with Crippen molar-refractivity contribution in [3.8, 4) is 22.3 Å². The molecule has 430 valence electrons. The minimum atomic E-state index is -1.03. The summed E-state index contributed by atoms with van der Waals surface area (Å²) in [5.74, 6) is 1.39. The maximum atomic E-state index is 13.6. The Hall–Kier alpha value is -7.28. The molecule has 0 spiro atoms. The molecule has 5 aliphatic rings. The van der Waals surface area contributed by atoms with Gasteiger partial charge in [0.25, 0.3) is 0 Å². The van der Waals surface area contributed by atoms with Crippen LogP contribution in [0.25, 0.3) is 44.1 Å². The molecule has 0 radical (unpaired) electrons. The van der Waals surface area contributed by atoms with Crippen LogP contribution in [0.15, 0.2) is 95.2 Å². The van der Waals surface area contributed by atoms with E-state index >= 15 is 0 Å². The molecule has 8 aromatic rings. The number of aromatic nitrogens is 12. The van der Waals surface area contributed by atoms with Gasteiger partial charge < -0.3 is 31.7 Å². The number of piperidine rings is 2. The fourth-order valence-corrected chi connectivity index (χ4v) is 10.8. The topological polar surface area (TPSA) is 327 Å². The van der Waals surface area contributed by atoms with Gasteiger partial charge in [0, 0.05) is 101 Å². The smallest absolute Gasteiger partial charge is 0.325 e. The number of nitrogens with one attached hydrogen (secondary N) is 3. The molecular weight excluding hydrogens is 1280 g/mol. The van der Waals surface area contributed by atoms with Crippen molar-refractivity contribution in [2.45, 2.75) is 95.5 Å². The summed E-state index contributed by atoms with van der Waals surface area (Å²) in [6.45, 7) is 2.47. The number of carboxylic acid groups (broad SMARTS) is 1. The van der Waals surface area contributed by atoms with E-state index in [4.69, 9.17) is 10.8 Å². The Balaban J connectivity index is 0.000000177. The number of hydrogen-bond donors (Lipinski definition) is 5. The van der Waals surface area contributed by atoms with Gasteiger partial charge >= 0.3 is 5.97 Å². The zero-order valence-electron chi connectivity index (χ0n) is 44.0. The SMILES string of the molecule is CC(=O)c1nn(CC(=O)N2[C@@H]3C[C@@H]3C[C@H]2C(=O)Nc2cncc(Br)n2)c2ccc(-c3cnc(C4CC4)nc3)cc12.CC(=O)c1nn(CC(=O)O)c2ccc(-c3cnc(N)nc3)cc12.Cl.O=C(Nc1cncc(Br)n1)[C@@H]1C[C@H]2C[C@H]2N1.S.S=S. The first kappa shape index (κ1) is 61.8. The highest BCUT2D eigenvalue weighted by molar-refractivity contribution is 9.10. The van der Waals surface area contributed by atoms with Gasteiger partial charge in [-0.05, 0) is 118 Å². The summed E-state index contributed by atoms with van der Waals surface area (Å²) >= 11 is 13.8. The first-order valence-corrected chi connectivity index (χ1v) is 28.4. The van der Waals surface area contributed by atoms with Gasteiger partial charge in [-0.2, -0.15) is 23.7 Å². The van der Waals surface area contributed by atoms with Crippen molar-refractivity contribution in [3.05, 3.63) is 112 Å². The zero-order chi connectivity index (χ0) is 57.2. The third-order valence-electron chi connectivity index (χ3n) is 14.3. The number of amides is 3. The third-order valence-corrected chi connectivity index (χ3v) is 15.1. The van der Waals surface area contributed by atoms with Crippen molar-refractivity contribution in [1.29, 1.82) is 0 Å². The molecule has 30 heteroatoms. The number of nitrogen functional groups attached to an aromatic ring is 1. The summed E-state index contributed by atoms with van der Waals surface area (Å²) in [6.07, 6.45) is 18.8. The molecule has 0 unspecified atom stereocenters. The molecule has 2 aliphatic heterocycles. The van der Waals surface area contributed by atoms with Crippen LogP contribution < -0.4 is 21.7 Å². The number of nitrogens with zero attached hydrogens (tertiary/aromatic N) is 13. The molecule has 0 bridgehead atoms. The van der Waals surface area contributed by atoms with Gasteiger partial charge in [0.15, 0.2) is 23.2 Å². The fourth-order valence-electron chi connectivity index (χ4n) is 10.1. The van der Waals surface area contributed by atoms with E-state index in [1.165, 1.54) is 37.3 Å². The maximum Gasteiger partial charge on any atom is 0.325 e. The van der Waals surface area contributed by atoms with Crippen molar-refractivity contribution in [3.63, 3.8) is 0 Å². The molecule has 6 aromatic heterocycles. The Morgan fingerprint density at radius 3 is 1.67 bits per heavy atom. The fraction of sp³-hybridized carbons (Fsp3) is 0.321. The van der Waals surface area contributed by atoms with E-state index in [1.807, 2.05) is 30.6 Å². The Bertz CT molecular complexity index is 3780. The van der Waals surface area contributed by atoms with Crippen LogP contribution >= 0.6 is 57.8 Å². The lowest BCUT2D eigenvalue weighted by Crippen LogP contribution is -2.46. The average Bonchev–Trinajstić information content (AvgIpc) is 2.61. The number of anilines is 3. The largest absolute Gasteiger partial charge is 0.480 e. The molecule has 3 amide bonds. The van der Waals surface area contributed by atoms with Gasteiger partial charge in [-0.25, -0.2) is 29.9 Å². The molecular formula is C53H52Br2ClN17O7S3. The molecule has 24 nitrogen and oxygen atoms in total. The number of ketones is 2. The van der Waals surface area contributed by atoms with Gasteiger partial charge in [0.1, 0.15) is 45.6 Å². The highest BCUT2D eigenvalue weighted by Gasteiger charge is 2.56. The third kappa shape index (κ3) is 14.4. The van der Waals surface area contributed by atoms with Gasteiger partial charge in [0.05, 0.1) is 41.9 Å². The molecule has 6 N–H and O–H groups in total. The summed E-state index contributed by atoms with van der Waals surface area (Å²) in [6, 6.07) is 10.9. The van der Waals surface area contributed by atoms with Gasteiger partial charge in [-0.15, -0.1) is 12.4 Å². The summed E-state index contributed by atoms with van der Waals surface area (Å²) in [5.41, 5.74) is 10.5. The van der Waals surface area contributed by atoms with E-state index < -0.39 is 12.0 Å². The number of likely N-dealkylation sites (tertiary alicyclic amines) is 1. The molecule has 83 heavy (non-hydrogen) atoms. The van der Waals surface area contributed by atoms with Gasteiger partial charge in [-0.1, -0.05) is 12.1 Å². The molecule has 5 fully saturated rings. The highest BCUT2D eigenvalue weighted by Crippen LogP contribution is 2.48. The number of aliphatic carboxylic acids is 1. The number of carboxylic acids is 1. The van der Waals surface area contributed by atoms with Crippen LogP contribution in [0.5, 0.6) is 0 Å². The number of rotatable bonds is 13. The number of hydrogen-bond acceptors (Lipinski definition) is 20. The number of benzene rings is 2. The van der Waals surface area contributed by atoms with E-state index in [0.717, 1.165) is 53.8 Å². The molecule has 8 heterocycles. The molecule has 13 rings (SSSR count). The van der Waals surface area contributed by atoms with Crippen LogP contribution in [0.1, 0.15) is 85.1 Å².